The van der Waals surface area contributed by atoms with Gasteiger partial charge in [0.2, 0.25) is 5.91 Å². The molecule has 0 radical (unpaired) electrons. The van der Waals surface area contributed by atoms with Crippen molar-refractivity contribution >= 4 is 28.9 Å². The third-order valence-electron chi connectivity index (χ3n) is 2.48. The van der Waals surface area contributed by atoms with Crippen LogP contribution < -0.4 is 10.1 Å². The molecule has 0 heterocycles. The fraction of sp³-hybridized carbons (Fsp3) is 0.0714. The third-order valence-corrected chi connectivity index (χ3v) is 2.70. The Bertz CT molecular complexity index is 686. The normalized spacial score (nSPS) is 10.0. The van der Waals surface area contributed by atoms with E-state index in [0.717, 1.165) is 0 Å². The Labute approximate surface area is 125 Å². The van der Waals surface area contributed by atoms with Crippen LogP contribution in [0.4, 0.5) is 11.4 Å². The average molecular weight is 307 g/mol. The zero-order chi connectivity index (χ0) is 15.4. The van der Waals surface area contributed by atoms with Crippen LogP contribution in [0.25, 0.3) is 0 Å². The Balaban J connectivity index is 2.18. The highest BCUT2D eigenvalue weighted by atomic mass is 35.5. The molecular formula is C14H11ClN2O4. The van der Waals surface area contributed by atoms with Gasteiger partial charge in [0.25, 0.3) is 5.69 Å². The maximum absolute atomic E-state index is 10.9. The van der Waals surface area contributed by atoms with E-state index in [2.05, 4.69) is 5.32 Å². The molecule has 0 aromatic heterocycles. The van der Waals surface area contributed by atoms with E-state index in [4.69, 9.17) is 16.3 Å². The number of anilines is 1. The summed E-state index contributed by atoms with van der Waals surface area (Å²) in [7, 11) is 0. The van der Waals surface area contributed by atoms with Crippen LogP contribution in [-0.2, 0) is 4.79 Å². The molecule has 2 aromatic rings. The molecule has 108 valence electrons. The minimum atomic E-state index is -0.543. The second-order valence-corrected chi connectivity index (χ2v) is 4.65. The molecule has 7 heteroatoms. The van der Waals surface area contributed by atoms with Crippen LogP contribution in [0, 0.1) is 10.1 Å². The largest absolute Gasteiger partial charge is 0.457 e. The van der Waals surface area contributed by atoms with E-state index in [-0.39, 0.29) is 22.4 Å². The second-order valence-electron chi connectivity index (χ2n) is 4.21. The van der Waals surface area contributed by atoms with Crippen LogP contribution in [-0.4, -0.2) is 10.8 Å². The van der Waals surface area contributed by atoms with Crippen molar-refractivity contribution in [3.05, 3.63) is 57.6 Å². The lowest BCUT2D eigenvalue weighted by Gasteiger charge is -2.07. The first-order chi connectivity index (χ1) is 9.94. The fourth-order valence-corrected chi connectivity index (χ4v) is 1.88. The molecule has 1 amide bonds. The van der Waals surface area contributed by atoms with Gasteiger partial charge in [0.15, 0.2) is 0 Å². The van der Waals surface area contributed by atoms with Crippen molar-refractivity contribution in [1.82, 2.24) is 0 Å². The maximum Gasteiger partial charge on any atom is 0.274 e. The second kappa shape index (κ2) is 6.23. The van der Waals surface area contributed by atoms with Gasteiger partial charge in [-0.3, -0.25) is 14.9 Å². The quantitative estimate of drug-likeness (QED) is 0.683. The van der Waals surface area contributed by atoms with Crippen molar-refractivity contribution in [1.29, 1.82) is 0 Å². The van der Waals surface area contributed by atoms with E-state index < -0.39 is 4.92 Å². The van der Waals surface area contributed by atoms with Gasteiger partial charge in [-0.15, -0.1) is 0 Å². The molecule has 0 aliphatic heterocycles. The topological polar surface area (TPSA) is 81.5 Å². The summed E-state index contributed by atoms with van der Waals surface area (Å²) in [6.45, 7) is 1.41. The number of halogens is 1. The summed E-state index contributed by atoms with van der Waals surface area (Å²) < 4.78 is 5.51. The number of rotatable bonds is 4. The number of nitro benzene ring substituents is 1. The van der Waals surface area contributed by atoms with Crippen LogP contribution in [0.1, 0.15) is 6.92 Å². The zero-order valence-corrected chi connectivity index (χ0v) is 11.8. The predicted octanol–water partition coefficient (Wildman–Crippen LogP) is 4.00. The Morgan fingerprint density at radius 2 is 1.86 bits per heavy atom. The summed E-state index contributed by atoms with van der Waals surface area (Å²) in [5.41, 5.74) is 0.485. The fourth-order valence-electron chi connectivity index (χ4n) is 1.66. The summed E-state index contributed by atoms with van der Waals surface area (Å²) in [5, 5.41) is 13.6. The number of nitrogens with one attached hydrogen (secondary N) is 1. The molecule has 1 N–H and O–H groups in total. The minimum Gasteiger partial charge on any atom is -0.457 e. The molecule has 0 saturated heterocycles. The summed E-state index contributed by atoms with van der Waals surface area (Å²) in [6, 6.07) is 10.6. The monoisotopic (exact) mass is 306 g/mol. The Morgan fingerprint density at radius 1 is 1.19 bits per heavy atom. The highest BCUT2D eigenvalue weighted by Gasteiger charge is 2.10. The number of hydrogen-bond donors (Lipinski definition) is 1. The predicted molar refractivity (Wildman–Crippen MR) is 78.9 cm³/mol. The lowest BCUT2D eigenvalue weighted by atomic mass is 10.3. The Morgan fingerprint density at radius 3 is 2.43 bits per heavy atom. The number of carbonyl (C=O) groups is 1. The van der Waals surface area contributed by atoms with Crippen LogP contribution in [0.2, 0.25) is 5.02 Å². The number of carbonyl (C=O) groups excluding carboxylic acids is 1. The number of non-ortho nitro benzene ring substituents is 1. The zero-order valence-electron chi connectivity index (χ0n) is 11.0. The molecule has 21 heavy (non-hydrogen) atoms. The van der Waals surface area contributed by atoms with E-state index in [1.165, 1.54) is 25.1 Å². The van der Waals surface area contributed by atoms with E-state index in [1.54, 1.807) is 24.3 Å². The van der Waals surface area contributed by atoms with Gasteiger partial charge in [0, 0.05) is 18.7 Å². The number of amides is 1. The molecule has 0 aliphatic carbocycles. The van der Waals surface area contributed by atoms with Gasteiger partial charge >= 0.3 is 0 Å². The van der Waals surface area contributed by atoms with Gasteiger partial charge < -0.3 is 10.1 Å². The van der Waals surface area contributed by atoms with Crippen molar-refractivity contribution in [3.8, 4) is 11.5 Å². The molecule has 0 saturated carbocycles. The number of benzene rings is 2. The summed E-state index contributed by atoms with van der Waals surface area (Å²) in [5.74, 6) is 0.566. The Kier molecular flexibility index (Phi) is 4.39. The molecular weight excluding hydrogens is 296 g/mol. The standard InChI is InChI=1S/C14H11ClN2O4/c1-9(18)16-11-2-4-13(5-3-11)21-14-7-10(15)6-12(8-14)17(19)20/h2-8H,1H3,(H,16,18). The van der Waals surface area contributed by atoms with Crippen molar-refractivity contribution in [2.45, 2.75) is 6.92 Å². The van der Waals surface area contributed by atoms with E-state index in [0.29, 0.717) is 11.4 Å². The van der Waals surface area contributed by atoms with Crippen molar-refractivity contribution < 1.29 is 14.5 Å². The first-order valence-electron chi connectivity index (χ1n) is 5.94. The smallest absolute Gasteiger partial charge is 0.274 e. The van der Waals surface area contributed by atoms with E-state index >= 15 is 0 Å². The highest BCUT2D eigenvalue weighted by Crippen LogP contribution is 2.29. The molecule has 0 aliphatic rings. The number of ether oxygens (including phenoxy) is 1. The molecule has 2 aromatic carbocycles. The van der Waals surface area contributed by atoms with Crippen LogP contribution in [0.3, 0.4) is 0 Å². The molecule has 6 nitrogen and oxygen atoms in total. The molecule has 0 atom stereocenters. The van der Waals surface area contributed by atoms with Gasteiger partial charge in [0.1, 0.15) is 11.5 Å². The van der Waals surface area contributed by atoms with Gasteiger partial charge in [0.05, 0.1) is 16.0 Å². The summed E-state index contributed by atoms with van der Waals surface area (Å²) in [4.78, 5) is 21.1. The van der Waals surface area contributed by atoms with Crippen LogP contribution in [0.5, 0.6) is 11.5 Å². The molecule has 0 fully saturated rings. The van der Waals surface area contributed by atoms with Gasteiger partial charge in [-0.1, -0.05) is 11.6 Å². The van der Waals surface area contributed by atoms with Crippen LogP contribution in [0.15, 0.2) is 42.5 Å². The van der Waals surface area contributed by atoms with Crippen molar-refractivity contribution in [2.24, 2.45) is 0 Å². The summed E-state index contributed by atoms with van der Waals surface area (Å²) >= 11 is 5.81. The first kappa shape index (κ1) is 14.8. The molecule has 0 unspecified atom stereocenters. The van der Waals surface area contributed by atoms with Gasteiger partial charge in [-0.25, -0.2) is 0 Å². The van der Waals surface area contributed by atoms with E-state index in [9.17, 15) is 14.9 Å². The van der Waals surface area contributed by atoms with Crippen molar-refractivity contribution in [3.63, 3.8) is 0 Å². The molecule has 2 rings (SSSR count). The molecule has 0 spiro atoms. The lowest BCUT2D eigenvalue weighted by Crippen LogP contribution is -2.05. The third kappa shape index (κ3) is 4.19. The summed E-state index contributed by atoms with van der Waals surface area (Å²) in [6.07, 6.45) is 0. The maximum atomic E-state index is 10.9. The number of nitro groups is 1. The van der Waals surface area contributed by atoms with E-state index in [1.807, 2.05) is 0 Å². The molecule has 0 bridgehead atoms. The number of nitrogens with zero attached hydrogens (tertiary/aromatic N) is 1. The van der Waals surface area contributed by atoms with Gasteiger partial charge in [-0.05, 0) is 30.3 Å². The highest BCUT2D eigenvalue weighted by molar-refractivity contribution is 6.30. The van der Waals surface area contributed by atoms with Crippen LogP contribution >= 0.6 is 11.6 Å². The van der Waals surface area contributed by atoms with Crippen molar-refractivity contribution in [2.75, 3.05) is 5.32 Å². The minimum absolute atomic E-state index is 0.146. The lowest BCUT2D eigenvalue weighted by molar-refractivity contribution is -0.384. The average Bonchev–Trinajstić information content (AvgIpc) is 2.39. The number of hydrogen-bond acceptors (Lipinski definition) is 4. The first-order valence-corrected chi connectivity index (χ1v) is 6.32. The Hall–Kier alpha value is -2.60. The van der Waals surface area contributed by atoms with Gasteiger partial charge in [-0.2, -0.15) is 0 Å². The SMILES string of the molecule is CC(=O)Nc1ccc(Oc2cc(Cl)cc([N+](=O)[O-])c2)cc1.